The standard InChI is InChI=1S/C27H32N6O2/c1-17-15-32(16-18(2)33(17)19(3)34)25-11-7-10-24(31-25)23-14-29-26-22(23)12-21(13-28-26)30-27(35)20-8-5-4-6-9-20/h7-8,10-14,17-18H,4-6,9,15-16H2,1-3H3,(H,28,29)(H,30,35)/t17-,18+. The van der Waals surface area contributed by atoms with Crippen molar-refractivity contribution in [3.8, 4) is 11.3 Å². The molecule has 0 radical (unpaired) electrons. The Hall–Kier alpha value is -3.68. The van der Waals surface area contributed by atoms with Crippen LogP contribution >= 0.6 is 0 Å². The summed E-state index contributed by atoms with van der Waals surface area (Å²) in [4.78, 5) is 41.6. The molecule has 5 rings (SSSR count). The molecule has 0 bridgehead atoms. The maximum absolute atomic E-state index is 12.7. The summed E-state index contributed by atoms with van der Waals surface area (Å²) in [5.74, 6) is 0.955. The van der Waals surface area contributed by atoms with Gasteiger partial charge in [0, 0.05) is 54.8 Å². The maximum atomic E-state index is 12.7. The van der Waals surface area contributed by atoms with Gasteiger partial charge in [-0.1, -0.05) is 12.1 Å². The summed E-state index contributed by atoms with van der Waals surface area (Å²) in [5.41, 5.74) is 4.05. The van der Waals surface area contributed by atoms with Gasteiger partial charge in [0.05, 0.1) is 17.6 Å². The molecule has 35 heavy (non-hydrogen) atoms. The van der Waals surface area contributed by atoms with Crippen molar-refractivity contribution >= 4 is 34.4 Å². The van der Waals surface area contributed by atoms with Gasteiger partial charge in [-0.05, 0) is 57.7 Å². The fourth-order valence-corrected chi connectivity index (χ4v) is 5.42. The molecule has 1 saturated heterocycles. The molecule has 0 saturated carbocycles. The lowest BCUT2D eigenvalue weighted by atomic mass is 9.99. The predicted octanol–water partition coefficient (Wildman–Crippen LogP) is 4.51. The molecule has 1 aliphatic heterocycles. The van der Waals surface area contributed by atoms with Crippen LogP contribution < -0.4 is 10.2 Å². The molecule has 2 atom stereocenters. The first kappa shape index (κ1) is 23.1. The van der Waals surface area contributed by atoms with Crippen LogP contribution in [0.5, 0.6) is 0 Å². The average molecular weight is 473 g/mol. The van der Waals surface area contributed by atoms with Gasteiger partial charge in [0.1, 0.15) is 11.5 Å². The van der Waals surface area contributed by atoms with E-state index in [2.05, 4.69) is 34.0 Å². The number of amides is 2. The quantitative estimate of drug-likeness (QED) is 0.583. The van der Waals surface area contributed by atoms with Crippen molar-refractivity contribution in [2.75, 3.05) is 23.3 Å². The van der Waals surface area contributed by atoms with Gasteiger partial charge in [-0.25, -0.2) is 9.97 Å². The van der Waals surface area contributed by atoms with E-state index in [-0.39, 0.29) is 23.9 Å². The number of nitrogens with zero attached hydrogens (tertiary/aromatic N) is 4. The summed E-state index contributed by atoms with van der Waals surface area (Å²) in [7, 11) is 0. The summed E-state index contributed by atoms with van der Waals surface area (Å²) < 4.78 is 0. The molecule has 0 spiro atoms. The summed E-state index contributed by atoms with van der Waals surface area (Å²) in [5, 5.41) is 3.92. The lowest BCUT2D eigenvalue weighted by Crippen LogP contribution is -2.58. The van der Waals surface area contributed by atoms with E-state index in [1.165, 1.54) is 0 Å². The number of anilines is 2. The van der Waals surface area contributed by atoms with Crippen LogP contribution in [-0.2, 0) is 9.59 Å². The number of fused-ring (bicyclic) bond motifs is 1. The van der Waals surface area contributed by atoms with Crippen LogP contribution in [0.3, 0.4) is 0 Å². The lowest BCUT2D eigenvalue weighted by Gasteiger charge is -2.44. The Morgan fingerprint density at radius 1 is 1.14 bits per heavy atom. The Morgan fingerprint density at radius 2 is 1.94 bits per heavy atom. The Labute approximate surface area is 205 Å². The zero-order chi connectivity index (χ0) is 24.5. The van der Waals surface area contributed by atoms with E-state index in [1.54, 1.807) is 13.1 Å². The molecule has 4 heterocycles. The van der Waals surface area contributed by atoms with Crippen molar-refractivity contribution in [3.05, 3.63) is 48.3 Å². The molecule has 3 aromatic heterocycles. The van der Waals surface area contributed by atoms with E-state index in [0.29, 0.717) is 5.69 Å². The SMILES string of the molecule is CC(=O)N1[C@H](C)CN(c2cccc(-c3c[nH]c4ncc(NC(=O)C5=CCCCC5)cc34)n2)C[C@@H]1C. The third-order valence-electron chi connectivity index (χ3n) is 6.99. The number of nitrogens with one attached hydrogen (secondary N) is 2. The number of carbonyl (C=O) groups is 2. The first-order valence-corrected chi connectivity index (χ1v) is 12.4. The van der Waals surface area contributed by atoms with Crippen molar-refractivity contribution < 1.29 is 9.59 Å². The summed E-state index contributed by atoms with van der Waals surface area (Å²) in [6, 6.07) is 8.21. The molecule has 182 valence electrons. The maximum Gasteiger partial charge on any atom is 0.251 e. The second-order valence-electron chi connectivity index (χ2n) is 9.66. The number of rotatable bonds is 4. The van der Waals surface area contributed by atoms with E-state index in [9.17, 15) is 9.59 Å². The fourth-order valence-electron chi connectivity index (χ4n) is 5.42. The number of aromatic amines is 1. The van der Waals surface area contributed by atoms with E-state index in [1.807, 2.05) is 41.4 Å². The minimum absolute atomic E-state index is 0.0454. The van der Waals surface area contributed by atoms with Crippen molar-refractivity contribution in [2.24, 2.45) is 0 Å². The van der Waals surface area contributed by atoms with Crippen LogP contribution in [0.2, 0.25) is 0 Å². The number of allylic oxidation sites excluding steroid dienone is 1. The van der Waals surface area contributed by atoms with Gasteiger partial charge in [0.25, 0.3) is 5.91 Å². The third-order valence-corrected chi connectivity index (χ3v) is 6.99. The van der Waals surface area contributed by atoms with Crippen LogP contribution in [0.15, 0.2) is 48.3 Å². The first-order valence-electron chi connectivity index (χ1n) is 12.4. The highest BCUT2D eigenvalue weighted by atomic mass is 16.2. The fraction of sp³-hybridized carbons (Fsp3) is 0.407. The van der Waals surface area contributed by atoms with Crippen LogP contribution in [0.1, 0.15) is 46.5 Å². The largest absolute Gasteiger partial charge is 0.352 e. The highest BCUT2D eigenvalue weighted by Crippen LogP contribution is 2.31. The van der Waals surface area contributed by atoms with Crippen LogP contribution in [0.4, 0.5) is 11.5 Å². The Balaban J connectivity index is 1.40. The number of hydrogen-bond donors (Lipinski definition) is 2. The second kappa shape index (κ2) is 9.52. The monoisotopic (exact) mass is 472 g/mol. The molecular weight excluding hydrogens is 440 g/mol. The van der Waals surface area contributed by atoms with Crippen LogP contribution in [-0.4, -0.2) is 56.8 Å². The van der Waals surface area contributed by atoms with E-state index >= 15 is 0 Å². The van der Waals surface area contributed by atoms with E-state index < -0.39 is 0 Å². The van der Waals surface area contributed by atoms with Crippen molar-refractivity contribution in [3.63, 3.8) is 0 Å². The lowest BCUT2D eigenvalue weighted by molar-refractivity contribution is -0.133. The van der Waals surface area contributed by atoms with Crippen LogP contribution in [0, 0.1) is 0 Å². The number of piperazine rings is 1. The van der Waals surface area contributed by atoms with Crippen molar-refractivity contribution in [2.45, 2.75) is 58.5 Å². The number of hydrogen-bond acceptors (Lipinski definition) is 5. The number of H-pyrrole nitrogens is 1. The molecule has 0 unspecified atom stereocenters. The topological polar surface area (TPSA) is 94.2 Å². The second-order valence-corrected chi connectivity index (χ2v) is 9.66. The molecular formula is C27H32N6O2. The molecule has 8 nitrogen and oxygen atoms in total. The van der Waals surface area contributed by atoms with E-state index in [0.717, 1.165) is 72.5 Å². The number of carbonyl (C=O) groups excluding carboxylic acids is 2. The summed E-state index contributed by atoms with van der Waals surface area (Å²) in [6.45, 7) is 7.27. The van der Waals surface area contributed by atoms with Gasteiger partial charge in [-0.15, -0.1) is 0 Å². The molecule has 1 aliphatic carbocycles. The zero-order valence-corrected chi connectivity index (χ0v) is 20.5. The average Bonchev–Trinajstić information content (AvgIpc) is 3.27. The van der Waals surface area contributed by atoms with Gasteiger partial charge in [-0.2, -0.15) is 0 Å². The Morgan fingerprint density at radius 3 is 2.66 bits per heavy atom. The van der Waals surface area contributed by atoms with E-state index in [4.69, 9.17) is 4.98 Å². The molecule has 2 amide bonds. The molecule has 1 fully saturated rings. The van der Waals surface area contributed by atoms with Gasteiger partial charge in [-0.3, -0.25) is 9.59 Å². The molecule has 2 N–H and O–H groups in total. The number of aromatic nitrogens is 3. The van der Waals surface area contributed by atoms with Crippen LogP contribution in [0.25, 0.3) is 22.3 Å². The van der Waals surface area contributed by atoms with Gasteiger partial charge in [0.2, 0.25) is 5.91 Å². The molecule has 0 aromatic carbocycles. The summed E-state index contributed by atoms with van der Waals surface area (Å²) >= 11 is 0. The molecule has 8 heteroatoms. The summed E-state index contributed by atoms with van der Waals surface area (Å²) in [6.07, 6.45) is 9.63. The third kappa shape index (κ3) is 4.65. The van der Waals surface area contributed by atoms with Gasteiger partial charge in [0.15, 0.2) is 0 Å². The highest BCUT2D eigenvalue weighted by molar-refractivity contribution is 6.05. The Bertz CT molecular complexity index is 1280. The first-order chi connectivity index (χ1) is 16.9. The minimum Gasteiger partial charge on any atom is -0.352 e. The highest BCUT2D eigenvalue weighted by Gasteiger charge is 2.31. The van der Waals surface area contributed by atoms with Crippen molar-refractivity contribution in [1.82, 2.24) is 19.9 Å². The minimum atomic E-state index is -0.0454. The van der Waals surface area contributed by atoms with Gasteiger partial charge < -0.3 is 20.1 Å². The molecule has 2 aliphatic rings. The van der Waals surface area contributed by atoms with Crippen molar-refractivity contribution in [1.29, 1.82) is 0 Å². The Kier molecular flexibility index (Phi) is 6.28. The number of pyridine rings is 2. The molecule has 3 aromatic rings. The zero-order valence-electron chi connectivity index (χ0n) is 20.5. The smallest absolute Gasteiger partial charge is 0.251 e. The van der Waals surface area contributed by atoms with Gasteiger partial charge >= 0.3 is 0 Å². The predicted molar refractivity (Wildman–Crippen MR) is 138 cm³/mol. The normalized spacial score (nSPS) is 20.6.